The van der Waals surface area contributed by atoms with Gasteiger partial charge in [-0.2, -0.15) is 13.2 Å². The van der Waals surface area contributed by atoms with Gasteiger partial charge in [0.15, 0.2) is 0 Å². The van der Waals surface area contributed by atoms with Gasteiger partial charge in [0.1, 0.15) is 5.75 Å². The van der Waals surface area contributed by atoms with E-state index in [1.54, 1.807) is 29.7 Å². The molecule has 3 rings (SSSR count). The molecule has 1 aromatic carbocycles. The number of ether oxygens (including phenoxy) is 1. The number of nitrogens with zero attached hydrogens (tertiary/aromatic N) is 2. The van der Waals surface area contributed by atoms with Crippen LogP contribution in [-0.2, 0) is 12.6 Å². The Kier molecular flexibility index (Phi) is 5.03. The number of benzene rings is 1. The third-order valence-corrected chi connectivity index (χ3v) is 4.63. The fraction of sp³-hybridized carbons (Fsp3) is 0.222. The Morgan fingerprint density at radius 3 is 2.48 bits per heavy atom. The van der Waals surface area contributed by atoms with Gasteiger partial charge < -0.3 is 4.74 Å². The zero-order valence-corrected chi connectivity index (χ0v) is 14.1. The summed E-state index contributed by atoms with van der Waals surface area (Å²) in [6, 6.07) is 9.05. The third-order valence-electron chi connectivity index (χ3n) is 3.62. The molecule has 2 aromatic heterocycles. The molecule has 0 spiro atoms. The second-order valence-corrected chi connectivity index (χ2v) is 6.53. The molecule has 2 heterocycles. The van der Waals surface area contributed by atoms with Crippen LogP contribution in [0.1, 0.15) is 29.0 Å². The summed E-state index contributed by atoms with van der Waals surface area (Å²) < 4.78 is 43.6. The molecule has 0 bridgehead atoms. The zero-order valence-electron chi connectivity index (χ0n) is 13.3. The van der Waals surface area contributed by atoms with E-state index >= 15 is 0 Å². The molecular formula is C18H15F3N2OS. The molecule has 3 aromatic rings. The van der Waals surface area contributed by atoms with Crippen LogP contribution in [0.15, 0.2) is 54.2 Å². The van der Waals surface area contributed by atoms with Gasteiger partial charge in [-0.3, -0.25) is 0 Å². The Hall–Kier alpha value is -2.41. The van der Waals surface area contributed by atoms with E-state index in [4.69, 9.17) is 4.74 Å². The summed E-state index contributed by atoms with van der Waals surface area (Å²) in [4.78, 5) is 8.13. The van der Waals surface area contributed by atoms with Crippen LogP contribution in [0.4, 0.5) is 13.2 Å². The van der Waals surface area contributed by atoms with E-state index in [9.17, 15) is 13.2 Å². The first-order valence-corrected chi connectivity index (χ1v) is 8.49. The van der Waals surface area contributed by atoms with Crippen LogP contribution in [0.3, 0.4) is 0 Å². The Labute approximate surface area is 147 Å². The van der Waals surface area contributed by atoms with Crippen LogP contribution in [0.2, 0.25) is 0 Å². The lowest BCUT2D eigenvalue weighted by atomic mass is 10.0. The standard InChI is InChI=1S/C18H15F3N2OS/c1-12(17-23-8-9-25-17)10-13-2-4-15(5-3-13)24-16-11-14(6-7-22-16)18(19,20)21/h2-9,11-12H,10H2,1H3. The SMILES string of the molecule is CC(Cc1ccc(Oc2cc(C(F)(F)F)ccn2)cc1)c1nccs1. The molecule has 0 aliphatic rings. The van der Waals surface area contributed by atoms with Crippen LogP contribution in [0.25, 0.3) is 0 Å². The van der Waals surface area contributed by atoms with Crippen LogP contribution in [-0.4, -0.2) is 9.97 Å². The molecule has 25 heavy (non-hydrogen) atoms. The van der Waals surface area contributed by atoms with Crippen molar-refractivity contribution in [3.05, 3.63) is 70.3 Å². The van der Waals surface area contributed by atoms with Crippen LogP contribution < -0.4 is 4.74 Å². The molecule has 0 N–H and O–H groups in total. The number of aromatic nitrogens is 2. The number of pyridine rings is 1. The van der Waals surface area contributed by atoms with E-state index in [0.717, 1.165) is 35.3 Å². The average Bonchev–Trinajstić information content (AvgIpc) is 3.11. The lowest BCUT2D eigenvalue weighted by Gasteiger charge is -2.11. The largest absolute Gasteiger partial charge is 0.439 e. The third kappa shape index (κ3) is 4.57. The normalized spacial score (nSPS) is 12.8. The number of hydrogen-bond donors (Lipinski definition) is 0. The topological polar surface area (TPSA) is 35.0 Å². The molecule has 0 aliphatic carbocycles. The highest BCUT2D eigenvalue weighted by atomic mass is 32.1. The van der Waals surface area contributed by atoms with Crippen molar-refractivity contribution >= 4 is 11.3 Å². The van der Waals surface area contributed by atoms with Crippen molar-refractivity contribution in [2.75, 3.05) is 0 Å². The van der Waals surface area contributed by atoms with Crippen molar-refractivity contribution in [2.24, 2.45) is 0 Å². The fourth-order valence-electron chi connectivity index (χ4n) is 2.37. The number of thiazole rings is 1. The molecule has 0 saturated carbocycles. The molecule has 0 radical (unpaired) electrons. The van der Waals surface area contributed by atoms with Crippen molar-refractivity contribution in [3.63, 3.8) is 0 Å². The first-order valence-electron chi connectivity index (χ1n) is 7.61. The van der Waals surface area contributed by atoms with Crippen molar-refractivity contribution in [1.82, 2.24) is 9.97 Å². The van der Waals surface area contributed by atoms with Crippen LogP contribution in [0, 0.1) is 0 Å². The molecular weight excluding hydrogens is 349 g/mol. The van der Waals surface area contributed by atoms with Crippen molar-refractivity contribution in [1.29, 1.82) is 0 Å². The first kappa shape index (κ1) is 17.4. The summed E-state index contributed by atoms with van der Waals surface area (Å²) in [5.41, 5.74) is 0.318. The quantitative estimate of drug-likeness (QED) is 0.583. The molecule has 0 aliphatic heterocycles. The second-order valence-electron chi connectivity index (χ2n) is 5.60. The van der Waals surface area contributed by atoms with E-state index < -0.39 is 11.7 Å². The maximum atomic E-state index is 12.7. The maximum absolute atomic E-state index is 12.7. The number of hydrogen-bond acceptors (Lipinski definition) is 4. The van der Waals surface area contributed by atoms with Crippen LogP contribution in [0.5, 0.6) is 11.6 Å². The Balaban J connectivity index is 1.67. The van der Waals surface area contributed by atoms with E-state index in [0.29, 0.717) is 11.7 Å². The number of rotatable bonds is 5. The summed E-state index contributed by atoms with van der Waals surface area (Å²) in [5, 5.41) is 3.03. The summed E-state index contributed by atoms with van der Waals surface area (Å²) in [5.74, 6) is 0.660. The van der Waals surface area contributed by atoms with E-state index in [2.05, 4.69) is 16.9 Å². The van der Waals surface area contributed by atoms with Crippen LogP contribution >= 0.6 is 11.3 Å². The summed E-state index contributed by atoms with van der Waals surface area (Å²) in [7, 11) is 0. The van der Waals surface area contributed by atoms with Crippen molar-refractivity contribution in [3.8, 4) is 11.6 Å². The van der Waals surface area contributed by atoms with Gasteiger partial charge >= 0.3 is 6.18 Å². The van der Waals surface area contributed by atoms with Crippen molar-refractivity contribution in [2.45, 2.75) is 25.4 Å². The summed E-state index contributed by atoms with van der Waals surface area (Å²) in [6.07, 6.45) is -0.718. The molecule has 0 amide bonds. The lowest BCUT2D eigenvalue weighted by molar-refractivity contribution is -0.137. The zero-order chi connectivity index (χ0) is 17.9. The Bertz CT molecular complexity index is 817. The highest BCUT2D eigenvalue weighted by Crippen LogP contribution is 2.31. The molecule has 3 nitrogen and oxygen atoms in total. The lowest BCUT2D eigenvalue weighted by Crippen LogP contribution is -2.05. The van der Waals surface area contributed by atoms with Gasteiger partial charge in [-0.1, -0.05) is 19.1 Å². The number of halogens is 3. The maximum Gasteiger partial charge on any atom is 0.416 e. The van der Waals surface area contributed by atoms with Gasteiger partial charge in [0.2, 0.25) is 5.88 Å². The van der Waals surface area contributed by atoms with Gasteiger partial charge in [0.05, 0.1) is 10.6 Å². The fourth-order valence-corrected chi connectivity index (χ4v) is 3.07. The monoisotopic (exact) mass is 364 g/mol. The van der Waals surface area contributed by atoms with Gasteiger partial charge in [0, 0.05) is 29.8 Å². The molecule has 1 atom stereocenters. The Morgan fingerprint density at radius 2 is 1.84 bits per heavy atom. The summed E-state index contributed by atoms with van der Waals surface area (Å²) in [6.45, 7) is 2.11. The minimum absolute atomic E-state index is 0.0845. The smallest absolute Gasteiger partial charge is 0.416 e. The molecule has 1 unspecified atom stereocenters. The van der Waals surface area contributed by atoms with Gasteiger partial charge in [-0.15, -0.1) is 11.3 Å². The van der Waals surface area contributed by atoms with E-state index in [1.807, 2.05) is 17.5 Å². The van der Waals surface area contributed by atoms with E-state index in [1.165, 1.54) is 0 Å². The molecule has 0 fully saturated rings. The summed E-state index contributed by atoms with van der Waals surface area (Å²) >= 11 is 1.62. The first-order chi connectivity index (χ1) is 11.9. The minimum atomic E-state index is -4.42. The van der Waals surface area contributed by atoms with Gasteiger partial charge in [-0.05, 0) is 30.2 Å². The average molecular weight is 364 g/mol. The Morgan fingerprint density at radius 1 is 1.08 bits per heavy atom. The molecule has 0 saturated heterocycles. The minimum Gasteiger partial charge on any atom is -0.439 e. The van der Waals surface area contributed by atoms with E-state index in [-0.39, 0.29) is 5.88 Å². The predicted octanol–water partition coefficient (Wildman–Crippen LogP) is 5.70. The molecule has 130 valence electrons. The van der Waals surface area contributed by atoms with Crippen molar-refractivity contribution < 1.29 is 17.9 Å². The van der Waals surface area contributed by atoms with Gasteiger partial charge in [-0.25, -0.2) is 9.97 Å². The number of alkyl halides is 3. The highest BCUT2D eigenvalue weighted by Gasteiger charge is 2.31. The predicted molar refractivity (Wildman–Crippen MR) is 90.0 cm³/mol. The van der Waals surface area contributed by atoms with Gasteiger partial charge in [0.25, 0.3) is 0 Å². The second kappa shape index (κ2) is 7.23. The molecule has 7 heteroatoms. The highest BCUT2D eigenvalue weighted by molar-refractivity contribution is 7.09.